The molecule has 0 aliphatic carbocycles. The first-order valence-corrected chi connectivity index (χ1v) is 9.76. The van der Waals surface area contributed by atoms with Gasteiger partial charge >= 0.3 is 11.6 Å². The molecule has 0 fully saturated rings. The molecule has 0 aliphatic heterocycles. The summed E-state index contributed by atoms with van der Waals surface area (Å²) in [4.78, 5) is 36.7. The van der Waals surface area contributed by atoms with E-state index >= 15 is 0 Å². The average Bonchev–Trinajstić information content (AvgIpc) is 2.75. The SMILES string of the molecule is COc1ccc2c(C)c(CCC(=O)OC(C)C(=O)Nc3c(F)cccc3F)c(=O)oc2c1. The number of methoxy groups -OCH3 is 1. The lowest BCUT2D eigenvalue weighted by molar-refractivity contribution is -0.153. The van der Waals surface area contributed by atoms with Crippen molar-refractivity contribution in [1.82, 2.24) is 0 Å². The molecule has 7 nitrogen and oxygen atoms in total. The summed E-state index contributed by atoms with van der Waals surface area (Å²) in [6.07, 6.45) is -1.47. The standard InChI is InChI=1S/C23H21F2NO6/c1-12-15-8-7-14(30-3)11-19(15)32-23(29)16(12)9-10-20(27)31-13(2)22(28)26-21-17(24)5-4-6-18(21)25/h4-8,11,13H,9-10H2,1-3H3,(H,26,28). The quantitative estimate of drug-likeness (QED) is 0.438. The Morgan fingerprint density at radius 2 is 1.84 bits per heavy atom. The van der Waals surface area contributed by atoms with E-state index in [0.717, 1.165) is 18.2 Å². The van der Waals surface area contributed by atoms with Gasteiger partial charge in [0.2, 0.25) is 0 Å². The number of halogens is 2. The Labute approximate surface area is 181 Å². The lowest BCUT2D eigenvalue weighted by atomic mass is 10.0. The molecule has 1 unspecified atom stereocenters. The van der Waals surface area contributed by atoms with Crippen molar-refractivity contribution in [1.29, 1.82) is 0 Å². The lowest BCUT2D eigenvalue weighted by Crippen LogP contribution is -2.30. The van der Waals surface area contributed by atoms with Crippen LogP contribution in [0.1, 0.15) is 24.5 Å². The number of nitrogens with one attached hydrogen (secondary N) is 1. The Kier molecular flexibility index (Phi) is 6.87. The third-order valence-corrected chi connectivity index (χ3v) is 4.96. The first-order valence-electron chi connectivity index (χ1n) is 9.76. The third-order valence-electron chi connectivity index (χ3n) is 4.96. The second kappa shape index (κ2) is 9.59. The van der Waals surface area contributed by atoms with Gasteiger partial charge in [-0.15, -0.1) is 0 Å². The zero-order chi connectivity index (χ0) is 23.4. The lowest BCUT2D eigenvalue weighted by Gasteiger charge is -2.14. The number of aryl methyl sites for hydroxylation is 1. The number of fused-ring (bicyclic) bond motifs is 1. The highest BCUT2D eigenvalue weighted by Crippen LogP contribution is 2.24. The van der Waals surface area contributed by atoms with Gasteiger partial charge in [0, 0.05) is 23.4 Å². The van der Waals surface area contributed by atoms with Gasteiger partial charge in [0.05, 0.1) is 7.11 Å². The van der Waals surface area contributed by atoms with Gasteiger partial charge in [0.15, 0.2) is 6.10 Å². The van der Waals surface area contributed by atoms with Crippen LogP contribution in [0, 0.1) is 18.6 Å². The third kappa shape index (κ3) is 4.93. The average molecular weight is 445 g/mol. The summed E-state index contributed by atoms with van der Waals surface area (Å²) in [5, 5.41) is 2.77. The van der Waals surface area contributed by atoms with E-state index in [2.05, 4.69) is 5.32 Å². The molecule has 0 saturated carbocycles. The molecule has 1 aromatic heterocycles. The van der Waals surface area contributed by atoms with Gasteiger partial charge in [-0.3, -0.25) is 9.59 Å². The molecule has 1 heterocycles. The molecule has 3 rings (SSSR count). The van der Waals surface area contributed by atoms with Crippen molar-refractivity contribution in [2.24, 2.45) is 0 Å². The Balaban J connectivity index is 1.65. The molecule has 0 radical (unpaired) electrons. The smallest absolute Gasteiger partial charge is 0.339 e. The maximum absolute atomic E-state index is 13.7. The Hall–Kier alpha value is -3.75. The number of benzene rings is 2. The molecule has 2 aromatic carbocycles. The number of ether oxygens (including phenoxy) is 2. The normalized spacial score (nSPS) is 11.8. The summed E-state index contributed by atoms with van der Waals surface area (Å²) >= 11 is 0. The van der Waals surface area contributed by atoms with Gasteiger partial charge in [-0.2, -0.15) is 0 Å². The zero-order valence-corrected chi connectivity index (χ0v) is 17.7. The molecule has 32 heavy (non-hydrogen) atoms. The highest BCUT2D eigenvalue weighted by Gasteiger charge is 2.21. The molecule has 1 amide bonds. The fourth-order valence-corrected chi connectivity index (χ4v) is 3.17. The molecule has 1 N–H and O–H groups in total. The Morgan fingerprint density at radius 1 is 1.16 bits per heavy atom. The number of hydrogen-bond donors (Lipinski definition) is 1. The molecule has 0 saturated heterocycles. The van der Waals surface area contributed by atoms with Crippen LogP contribution in [0.3, 0.4) is 0 Å². The van der Waals surface area contributed by atoms with Crippen molar-refractivity contribution in [2.45, 2.75) is 32.8 Å². The second-order valence-electron chi connectivity index (χ2n) is 7.07. The molecular formula is C23H21F2NO6. The van der Waals surface area contributed by atoms with Crippen molar-refractivity contribution in [3.05, 3.63) is 69.6 Å². The van der Waals surface area contributed by atoms with Gasteiger partial charge in [-0.1, -0.05) is 6.07 Å². The van der Waals surface area contributed by atoms with Crippen LogP contribution >= 0.6 is 0 Å². The largest absolute Gasteiger partial charge is 0.497 e. The Morgan fingerprint density at radius 3 is 2.50 bits per heavy atom. The van der Waals surface area contributed by atoms with Crippen LogP contribution in [-0.4, -0.2) is 25.1 Å². The van der Waals surface area contributed by atoms with Gasteiger partial charge in [-0.25, -0.2) is 13.6 Å². The van der Waals surface area contributed by atoms with E-state index in [1.807, 2.05) is 0 Å². The van der Waals surface area contributed by atoms with E-state index in [1.54, 1.807) is 25.1 Å². The summed E-state index contributed by atoms with van der Waals surface area (Å²) in [5.41, 5.74) is 0.125. The highest BCUT2D eigenvalue weighted by atomic mass is 19.1. The van der Waals surface area contributed by atoms with Crippen LogP contribution in [0.4, 0.5) is 14.5 Å². The molecule has 0 aliphatic rings. The summed E-state index contributed by atoms with van der Waals surface area (Å²) in [6.45, 7) is 3.01. The highest BCUT2D eigenvalue weighted by molar-refractivity contribution is 5.95. The number of para-hydroxylation sites is 1. The van der Waals surface area contributed by atoms with Crippen molar-refractivity contribution in [2.75, 3.05) is 12.4 Å². The molecule has 168 valence electrons. The summed E-state index contributed by atoms with van der Waals surface area (Å²) < 4.78 is 42.8. The molecule has 0 bridgehead atoms. The van der Waals surface area contributed by atoms with Crippen LogP contribution in [0.25, 0.3) is 11.0 Å². The minimum absolute atomic E-state index is 0.0330. The van der Waals surface area contributed by atoms with E-state index < -0.39 is 40.9 Å². The number of hydrogen-bond acceptors (Lipinski definition) is 6. The second-order valence-corrected chi connectivity index (χ2v) is 7.07. The van der Waals surface area contributed by atoms with Gasteiger partial charge in [-0.05, 0) is 50.1 Å². The van der Waals surface area contributed by atoms with Crippen molar-refractivity contribution in [3.8, 4) is 5.75 Å². The van der Waals surface area contributed by atoms with Gasteiger partial charge in [0.1, 0.15) is 28.7 Å². The number of esters is 1. The molecule has 3 aromatic rings. The number of amides is 1. The maximum Gasteiger partial charge on any atom is 0.339 e. The van der Waals surface area contributed by atoms with Crippen LogP contribution in [0.2, 0.25) is 0 Å². The van der Waals surface area contributed by atoms with E-state index in [4.69, 9.17) is 13.9 Å². The van der Waals surface area contributed by atoms with Gasteiger partial charge in [0.25, 0.3) is 5.91 Å². The van der Waals surface area contributed by atoms with E-state index in [1.165, 1.54) is 14.0 Å². The van der Waals surface area contributed by atoms with E-state index in [9.17, 15) is 23.2 Å². The minimum atomic E-state index is -1.30. The zero-order valence-electron chi connectivity index (χ0n) is 17.7. The van der Waals surface area contributed by atoms with Crippen molar-refractivity contribution < 1.29 is 32.3 Å². The van der Waals surface area contributed by atoms with Crippen molar-refractivity contribution in [3.63, 3.8) is 0 Å². The topological polar surface area (TPSA) is 94.8 Å². The fourth-order valence-electron chi connectivity index (χ4n) is 3.17. The Bertz CT molecular complexity index is 1220. The fraction of sp³-hybridized carbons (Fsp3) is 0.261. The first-order chi connectivity index (χ1) is 15.2. The summed E-state index contributed by atoms with van der Waals surface area (Å²) in [7, 11) is 1.50. The molecule has 9 heteroatoms. The van der Waals surface area contributed by atoms with E-state index in [-0.39, 0.29) is 12.8 Å². The minimum Gasteiger partial charge on any atom is -0.497 e. The maximum atomic E-state index is 13.7. The van der Waals surface area contributed by atoms with Gasteiger partial charge < -0.3 is 19.2 Å². The number of rotatable bonds is 7. The number of carbonyl (C=O) groups excluding carboxylic acids is 2. The number of anilines is 1. The monoisotopic (exact) mass is 445 g/mol. The molecule has 1 atom stereocenters. The first kappa shape index (κ1) is 22.9. The molecule has 0 spiro atoms. The number of carbonyl (C=O) groups is 2. The van der Waals surface area contributed by atoms with Crippen molar-refractivity contribution >= 4 is 28.5 Å². The predicted molar refractivity (Wildman–Crippen MR) is 113 cm³/mol. The predicted octanol–water partition coefficient (Wildman–Crippen LogP) is 3.89. The summed E-state index contributed by atoms with van der Waals surface area (Å²) in [6, 6.07) is 8.21. The summed E-state index contributed by atoms with van der Waals surface area (Å²) in [5.74, 6) is -3.01. The van der Waals surface area contributed by atoms with Crippen LogP contribution < -0.4 is 15.7 Å². The van der Waals surface area contributed by atoms with E-state index in [0.29, 0.717) is 27.8 Å². The molecular weight excluding hydrogens is 424 g/mol. The van der Waals surface area contributed by atoms with Crippen LogP contribution in [0.15, 0.2) is 45.6 Å². The van der Waals surface area contributed by atoms with Crippen LogP contribution in [0.5, 0.6) is 5.75 Å². The van der Waals surface area contributed by atoms with Crippen LogP contribution in [-0.2, 0) is 20.7 Å².